The first-order valence-corrected chi connectivity index (χ1v) is 8.32. The molecule has 1 aliphatic rings. The van der Waals surface area contributed by atoms with Gasteiger partial charge < -0.3 is 5.32 Å². The number of aromatic nitrogens is 1. The van der Waals surface area contributed by atoms with Crippen LogP contribution in [0.1, 0.15) is 39.7 Å². The van der Waals surface area contributed by atoms with E-state index in [0.29, 0.717) is 12.0 Å². The zero-order chi connectivity index (χ0) is 14.8. The number of pyridine rings is 1. The molecule has 112 valence electrons. The van der Waals surface area contributed by atoms with Gasteiger partial charge in [-0.05, 0) is 46.8 Å². The molecular formula is C16H26BrN3. The standard InChI is InChI=1S/C16H26BrN3/c1-5-16(4)11-19-15(12(2)3)10-20(16)9-13-6-14(17)8-18-7-13/h6-8,12,15,19H,5,9-11H2,1-4H3. The molecular weight excluding hydrogens is 314 g/mol. The van der Waals surface area contributed by atoms with Gasteiger partial charge in [-0.15, -0.1) is 0 Å². The second-order valence-electron chi connectivity index (χ2n) is 6.47. The maximum absolute atomic E-state index is 4.29. The average molecular weight is 340 g/mol. The van der Waals surface area contributed by atoms with Crippen LogP contribution in [0.25, 0.3) is 0 Å². The van der Waals surface area contributed by atoms with E-state index in [4.69, 9.17) is 0 Å². The van der Waals surface area contributed by atoms with Gasteiger partial charge in [0.25, 0.3) is 0 Å². The first kappa shape index (κ1) is 15.9. The first-order valence-electron chi connectivity index (χ1n) is 7.52. The summed E-state index contributed by atoms with van der Waals surface area (Å²) < 4.78 is 1.06. The second-order valence-corrected chi connectivity index (χ2v) is 7.39. The van der Waals surface area contributed by atoms with Gasteiger partial charge in [-0.2, -0.15) is 0 Å². The molecule has 0 spiro atoms. The third kappa shape index (κ3) is 3.60. The largest absolute Gasteiger partial charge is 0.311 e. The molecule has 0 amide bonds. The topological polar surface area (TPSA) is 28.2 Å². The molecule has 0 bridgehead atoms. The van der Waals surface area contributed by atoms with Crippen molar-refractivity contribution in [2.45, 2.75) is 52.2 Å². The first-order chi connectivity index (χ1) is 9.44. The molecule has 0 aromatic carbocycles. The Bertz CT molecular complexity index is 449. The van der Waals surface area contributed by atoms with Gasteiger partial charge >= 0.3 is 0 Å². The van der Waals surface area contributed by atoms with Crippen molar-refractivity contribution in [1.29, 1.82) is 0 Å². The van der Waals surface area contributed by atoms with Gasteiger partial charge in [0.15, 0.2) is 0 Å². The molecule has 1 saturated heterocycles. The molecule has 2 atom stereocenters. The van der Waals surface area contributed by atoms with E-state index in [1.165, 1.54) is 5.56 Å². The summed E-state index contributed by atoms with van der Waals surface area (Å²) in [5, 5.41) is 3.72. The van der Waals surface area contributed by atoms with Crippen molar-refractivity contribution >= 4 is 15.9 Å². The molecule has 2 heterocycles. The molecule has 2 unspecified atom stereocenters. The highest BCUT2D eigenvalue weighted by atomic mass is 79.9. The summed E-state index contributed by atoms with van der Waals surface area (Å²) >= 11 is 3.51. The Morgan fingerprint density at radius 3 is 2.85 bits per heavy atom. The minimum Gasteiger partial charge on any atom is -0.311 e. The Kier molecular flexibility index (Phi) is 5.21. The number of halogens is 1. The van der Waals surface area contributed by atoms with E-state index in [1.54, 1.807) is 0 Å². The van der Waals surface area contributed by atoms with Crippen LogP contribution in [0.2, 0.25) is 0 Å². The van der Waals surface area contributed by atoms with Crippen LogP contribution in [-0.4, -0.2) is 34.6 Å². The molecule has 4 heteroatoms. The van der Waals surface area contributed by atoms with Crippen molar-refractivity contribution in [3.05, 3.63) is 28.5 Å². The van der Waals surface area contributed by atoms with Crippen molar-refractivity contribution in [1.82, 2.24) is 15.2 Å². The normalized spacial score (nSPS) is 28.0. The molecule has 0 saturated carbocycles. The fourth-order valence-corrected chi connectivity index (χ4v) is 3.21. The van der Waals surface area contributed by atoms with E-state index in [2.05, 4.69) is 64.9 Å². The maximum Gasteiger partial charge on any atom is 0.0410 e. The van der Waals surface area contributed by atoms with Crippen LogP contribution in [0, 0.1) is 5.92 Å². The molecule has 2 rings (SSSR count). The van der Waals surface area contributed by atoms with Gasteiger partial charge in [-0.1, -0.05) is 20.8 Å². The molecule has 20 heavy (non-hydrogen) atoms. The highest BCUT2D eigenvalue weighted by molar-refractivity contribution is 9.10. The number of hydrogen-bond donors (Lipinski definition) is 1. The lowest BCUT2D eigenvalue weighted by molar-refractivity contribution is 0.0316. The number of nitrogens with one attached hydrogen (secondary N) is 1. The lowest BCUT2D eigenvalue weighted by atomic mass is 9.89. The fraction of sp³-hybridized carbons (Fsp3) is 0.688. The van der Waals surface area contributed by atoms with Crippen LogP contribution in [0.15, 0.2) is 22.9 Å². The number of hydrogen-bond acceptors (Lipinski definition) is 3. The molecule has 0 aliphatic carbocycles. The zero-order valence-corrected chi connectivity index (χ0v) is 14.6. The van der Waals surface area contributed by atoms with Gasteiger partial charge in [0, 0.05) is 48.1 Å². The number of piperazine rings is 1. The van der Waals surface area contributed by atoms with E-state index in [9.17, 15) is 0 Å². The van der Waals surface area contributed by atoms with Crippen molar-refractivity contribution in [3.8, 4) is 0 Å². The van der Waals surface area contributed by atoms with Gasteiger partial charge in [0.05, 0.1) is 0 Å². The minimum atomic E-state index is 0.230. The molecule has 1 aromatic heterocycles. The van der Waals surface area contributed by atoms with E-state index < -0.39 is 0 Å². The lowest BCUT2D eigenvalue weighted by Gasteiger charge is -2.49. The summed E-state index contributed by atoms with van der Waals surface area (Å²) in [7, 11) is 0. The quantitative estimate of drug-likeness (QED) is 0.910. The summed E-state index contributed by atoms with van der Waals surface area (Å²) in [6, 6.07) is 2.75. The SMILES string of the molecule is CCC1(C)CNC(C(C)C)CN1Cc1cncc(Br)c1. The van der Waals surface area contributed by atoms with Gasteiger partial charge in [0.1, 0.15) is 0 Å². The van der Waals surface area contributed by atoms with Crippen molar-refractivity contribution in [3.63, 3.8) is 0 Å². The van der Waals surface area contributed by atoms with E-state index in [-0.39, 0.29) is 5.54 Å². The monoisotopic (exact) mass is 339 g/mol. The van der Waals surface area contributed by atoms with E-state index >= 15 is 0 Å². The van der Waals surface area contributed by atoms with Crippen LogP contribution in [0.5, 0.6) is 0 Å². The Balaban J connectivity index is 2.15. The number of nitrogens with zero attached hydrogens (tertiary/aromatic N) is 2. The second kappa shape index (κ2) is 6.54. The maximum atomic E-state index is 4.29. The summed E-state index contributed by atoms with van der Waals surface area (Å²) in [4.78, 5) is 6.91. The fourth-order valence-electron chi connectivity index (χ4n) is 2.80. The van der Waals surface area contributed by atoms with Crippen LogP contribution >= 0.6 is 15.9 Å². The predicted octanol–water partition coefficient (Wildman–Crippen LogP) is 3.44. The predicted molar refractivity (Wildman–Crippen MR) is 87.7 cm³/mol. The molecule has 1 aliphatic heterocycles. The van der Waals surface area contributed by atoms with Crippen LogP contribution in [0.4, 0.5) is 0 Å². The third-order valence-electron chi connectivity index (χ3n) is 4.63. The summed E-state index contributed by atoms with van der Waals surface area (Å²) in [5.74, 6) is 0.666. The molecule has 0 radical (unpaired) electrons. The Morgan fingerprint density at radius 2 is 2.25 bits per heavy atom. The minimum absolute atomic E-state index is 0.230. The highest BCUT2D eigenvalue weighted by Gasteiger charge is 2.37. The van der Waals surface area contributed by atoms with Crippen LogP contribution in [-0.2, 0) is 6.54 Å². The van der Waals surface area contributed by atoms with Crippen LogP contribution in [0.3, 0.4) is 0 Å². The molecule has 1 fully saturated rings. The summed E-state index contributed by atoms with van der Waals surface area (Å²) in [5.41, 5.74) is 1.51. The Morgan fingerprint density at radius 1 is 1.50 bits per heavy atom. The average Bonchev–Trinajstić information content (AvgIpc) is 2.41. The summed E-state index contributed by atoms with van der Waals surface area (Å²) in [6.07, 6.45) is 4.98. The van der Waals surface area contributed by atoms with Gasteiger partial charge in [-0.25, -0.2) is 0 Å². The molecule has 1 N–H and O–H groups in total. The van der Waals surface area contributed by atoms with E-state index in [1.807, 2.05) is 12.4 Å². The molecule has 3 nitrogen and oxygen atoms in total. The summed E-state index contributed by atoms with van der Waals surface area (Å²) in [6.45, 7) is 12.4. The van der Waals surface area contributed by atoms with Crippen molar-refractivity contribution < 1.29 is 0 Å². The number of rotatable bonds is 4. The van der Waals surface area contributed by atoms with Crippen molar-refractivity contribution in [2.24, 2.45) is 5.92 Å². The van der Waals surface area contributed by atoms with Crippen molar-refractivity contribution in [2.75, 3.05) is 13.1 Å². The zero-order valence-electron chi connectivity index (χ0n) is 13.0. The van der Waals surface area contributed by atoms with Gasteiger partial charge in [-0.3, -0.25) is 9.88 Å². The smallest absolute Gasteiger partial charge is 0.0410 e. The van der Waals surface area contributed by atoms with Gasteiger partial charge in [0.2, 0.25) is 0 Å². The Labute approximate surface area is 131 Å². The van der Waals surface area contributed by atoms with Crippen LogP contribution < -0.4 is 5.32 Å². The third-order valence-corrected chi connectivity index (χ3v) is 5.06. The Hall–Kier alpha value is -0.450. The lowest BCUT2D eigenvalue weighted by Crippen LogP contribution is -2.63. The highest BCUT2D eigenvalue weighted by Crippen LogP contribution is 2.27. The molecule has 1 aromatic rings. The van der Waals surface area contributed by atoms with E-state index in [0.717, 1.165) is 30.5 Å².